The molecule has 1 saturated heterocycles. The van der Waals surface area contributed by atoms with Crippen LogP contribution in [0.25, 0.3) is 0 Å². The molecule has 6 nitrogen and oxygen atoms in total. The molecule has 2 rings (SSSR count). The Morgan fingerprint density at radius 2 is 2.00 bits per heavy atom. The number of rotatable bonds is 8. The van der Waals surface area contributed by atoms with Gasteiger partial charge in [0.2, 0.25) is 0 Å². The van der Waals surface area contributed by atoms with Gasteiger partial charge in [0.05, 0.1) is 9.21 Å². The zero-order valence-electron chi connectivity index (χ0n) is 17.9. The van der Waals surface area contributed by atoms with E-state index in [1.54, 1.807) is 17.0 Å². The van der Waals surface area contributed by atoms with E-state index in [-0.39, 0.29) is 18.0 Å². The Kier molecular flexibility index (Phi) is 9.24. The maximum atomic E-state index is 12.6. The van der Waals surface area contributed by atoms with E-state index in [1.807, 2.05) is 20.8 Å². The Morgan fingerprint density at radius 1 is 1.31 bits per heavy atom. The van der Waals surface area contributed by atoms with Crippen molar-refractivity contribution in [2.45, 2.75) is 65.0 Å². The molecule has 2 heterocycles. The first-order valence-electron chi connectivity index (χ1n) is 10.4. The molecule has 0 aromatic carbocycles. The van der Waals surface area contributed by atoms with E-state index in [1.165, 1.54) is 11.3 Å². The molecule has 2 N–H and O–H groups in total. The third-order valence-electron chi connectivity index (χ3n) is 4.94. The second-order valence-electron chi connectivity index (χ2n) is 8.56. The molecule has 0 saturated carbocycles. The Labute approximate surface area is 183 Å². The molecular formula is C21H34ClN3O3S. The lowest BCUT2D eigenvalue weighted by atomic mass is 9.89. The van der Waals surface area contributed by atoms with Crippen molar-refractivity contribution in [1.82, 2.24) is 15.5 Å². The standard InChI is InChI=1S/C21H34ClN3O3S/c1-5-23-11-8-16(24-19(26)17-6-7-18(22)29-17)14-15-9-12-25(13-10-15)20(27)28-21(2,3)4/h6-7,15-16,23H,5,8-14H2,1-4H3,(H,24,26). The quantitative estimate of drug-likeness (QED) is 0.579. The van der Waals surface area contributed by atoms with E-state index in [0.29, 0.717) is 28.2 Å². The second kappa shape index (κ2) is 11.2. The van der Waals surface area contributed by atoms with Crippen molar-refractivity contribution < 1.29 is 14.3 Å². The first-order valence-corrected chi connectivity index (χ1v) is 11.6. The van der Waals surface area contributed by atoms with Gasteiger partial charge in [-0.2, -0.15) is 0 Å². The molecule has 1 aliphatic rings. The molecule has 2 amide bonds. The van der Waals surface area contributed by atoms with Crippen LogP contribution in [0.4, 0.5) is 4.79 Å². The monoisotopic (exact) mass is 443 g/mol. The van der Waals surface area contributed by atoms with E-state index < -0.39 is 5.60 Å². The maximum Gasteiger partial charge on any atom is 0.410 e. The first kappa shape index (κ1) is 24.0. The van der Waals surface area contributed by atoms with E-state index in [4.69, 9.17) is 16.3 Å². The zero-order chi connectivity index (χ0) is 21.4. The summed E-state index contributed by atoms with van der Waals surface area (Å²) in [7, 11) is 0. The Bertz CT molecular complexity index is 666. The van der Waals surface area contributed by atoms with Crippen molar-refractivity contribution in [1.29, 1.82) is 0 Å². The average molecular weight is 444 g/mol. The van der Waals surface area contributed by atoms with Crippen LogP contribution < -0.4 is 10.6 Å². The van der Waals surface area contributed by atoms with Crippen LogP contribution in [-0.4, -0.2) is 54.7 Å². The van der Waals surface area contributed by atoms with Crippen LogP contribution in [0.5, 0.6) is 0 Å². The van der Waals surface area contributed by atoms with E-state index in [9.17, 15) is 9.59 Å². The summed E-state index contributed by atoms with van der Waals surface area (Å²) in [6, 6.07) is 3.62. The van der Waals surface area contributed by atoms with Crippen molar-refractivity contribution in [3.8, 4) is 0 Å². The number of hydrogen-bond donors (Lipinski definition) is 2. The maximum absolute atomic E-state index is 12.6. The molecule has 29 heavy (non-hydrogen) atoms. The molecule has 1 aromatic rings. The highest BCUT2D eigenvalue weighted by atomic mass is 35.5. The zero-order valence-corrected chi connectivity index (χ0v) is 19.5. The number of thiophene rings is 1. The smallest absolute Gasteiger partial charge is 0.410 e. The van der Waals surface area contributed by atoms with Gasteiger partial charge in [0.15, 0.2) is 0 Å². The lowest BCUT2D eigenvalue weighted by Gasteiger charge is -2.34. The summed E-state index contributed by atoms with van der Waals surface area (Å²) in [5.41, 5.74) is -0.472. The van der Waals surface area contributed by atoms with Crippen LogP contribution in [0.1, 0.15) is 63.0 Å². The summed E-state index contributed by atoms with van der Waals surface area (Å²) in [6.45, 7) is 10.9. The summed E-state index contributed by atoms with van der Waals surface area (Å²) in [4.78, 5) is 27.3. The van der Waals surface area contributed by atoms with Crippen LogP contribution in [0.15, 0.2) is 12.1 Å². The fourth-order valence-electron chi connectivity index (χ4n) is 3.47. The summed E-state index contributed by atoms with van der Waals surface area (Å²) < 4.78 is 6.09. The van der Waals surface area contributed by atoms with Crippen molar-refractivity contribution in [3.05, 3.63) is 21.3 Å². The molecule has 8 heteroatoms. The van der Waals surface area contributed by atoms with Crippen LogP contribution in [0, 0.1) is 5.92 Å². The predicted octanol–water partition coefficient (Wildman–Crippen LogP) is 4.54. The number of carbonyl (C=O) groups is 2. The third kappa shape index (κ3) is 8.52. The molecule has 1 aromatic heterocycles. The SMILES string of the molecule is CCNCCC(CC1CCN(C(=O)OC(C)(C)C)CC1)NC(=O)c1ccc(Cl)s1. The number of piperidine rings is 1. The van der Waals surface area contributed by atoms with Gasteiger partial charge in [-0.15, -0.1) is 11.3 Å². The minimum absolute atomic E-state index is 0.0606. The van der Waals surface area contributed by atoms with Gasteiger partial charge >= 0.3 is 6.09 Å². The molecule has 1 unspecified atom stereocenters. The van der Waals surface area contributed by atoms with E-state index in [2.05, 4.69) is 17.6 Å². The minimum atomic E-state index is -0.472. The highest BCUT2D eigenvalue weighted by Gasteiger charge is 2.28. The molecule has 1 aliphatic heterocycles. The Balaban J connectivity index is 1.87. The third-order valence-corrected chi connectivity index (χ3v) is 6.17. The van der Waals surface area contributed by atoms with Gasteiger partial charge in [0.1, 0.15) is 5.60 Å². The topological polar surface area (TPSA) is 70.7 Å². The highest BCUT2D eigenvalue weighted by Crippen LogP contribution is 2.25. The Hall–Kier alpha value is -1.31. The number of likely N-dealkylation sites (tertiary alicyclic amines) is 1. The number of carbonyl (C=O) groups excluding carboxylic acids is 2. The van der Waals surface area contributed by atoms with Crippen LogP contribution in [0.2, 0.25) is 4.34 Å². The summed E-state index contributed by atoms with van der Waals surface area (Å²) in [6.07, 6.45) is 3.42. The number of amides is 2. The van der Waals surface area contributed by atoms with Gasteiger partial charge < -0.3 is 20.3 Å². The Morgan fingerprint density at radius 3 is 2.55 bits per heavy atom. The lowest BCUT2D eigenvalue weighted by molar-refractivity contribution is 0.0178. The molecule has 1 fully saturated rings. The lowest BCUT2D eigenvalue weighted by Crippen LogP contribution is -2.43. The first-order chi connectivity index (χ1) is 13.7. The number of hydrogen-bond acceptors (Lipinski definition) is 5. The van der Waals surface area contributed by atoms with Crippen molar-refractivity contribution in [2.24, 2.45) is 5.92 Å². The van der Waals surface area contributed by atoms with Gasteiger partial charge in [-0.25, -0.2) is 4.79 Å². The predicted molar refractivity (Wildman–Crippen MR) is 119 cm³/mol. The van der Waals surface area contributed by atoms with Crippen LogP contribution >= 0.6 is 22.9 Å². The van der Waals surface area contributed by atoms with Crippen molar-refractivity contribution in [2.75, 3.05) is 26.2 Å². The molecule has 164 valence electrons. The number of nitrogens with one attached hydrogen (secondary N) is 2. The van der Waals surface area contributed by atoms with Crippen molar-refractivity contribution in [3.63, 3.8) is 0 Å². The minimum Gasteiger partial charge on any atom is -0.444 e. The molecule has 0 radical (unpaired) electrons. The molecular weight excluding hydrogens is 410 g/mol. The second-order valence-corrected chi connectivity index (χ2v) is 10.3. The van der Waals surface area contributed by atoms with Crippen molar-refractivity contribution >= 4 is 34.9 Å². The molecule has 0 aliphatic carbocycles. The fraction of sp³-hybridized carbons (Fsp3) is 0.714. The van der Waals surface area contributed by atoms with E-state index >= 15 is 0 Å². The number of ether oxygens (including phenoxy) is 1. The average Bonchev–Trinajstić information content (AvgIpc) is 3.07. The fourth-order valence-corrected chi connectivity index (χ4v) is 4.42. The number of halogens is 1. The summed E-state index contributed by atoms with van der Waals surface area (Å²) >= 11 is 7.26. The largest absolute Gasteiger partial charge is 0.444 e. The summed E-state index contributed by atoms with van der Waals surface area (Å²) in [5, 5.41) is 6.52. The normalized spacial score (nSPS) is 16.5. The highest BCUT2D eigenvalue weighted by molar-refractivity contribution is 7.18. The molecule has 1 atom stereocenters. The molecule has 0 spiro atoms. The van der Waals surface area contributed by atoms with Gasteiger partial charge in [-0.3, -0.25) is 4.79 Å². The van der Waals surface area contributed by atoms with Gasteiger partial charge in [0, 0.05) is 19.1 Å². The van der Waals surface area contributed by atoms with Gasteiger partial charge in [-0.1, -0.05) is 18.5 Å². The van der Waals surface area contributed by atoms with Gasteiger partial charge in [0.25, 0.3) is 5.91 Å². The number of nitrogens with zero attached hydrogens (tertiary/aromatic N) is 1. The van der Waals surface area contributed by atoms with Crippen LogP contribution in [-0.2, 0) is 4.74 Å². The van der Waals surface area contributed by atoms with Crippen LogP contribution in [0.3, 0.4) is 0 Å². The van der Waals surface area contributed by atoms with E-state index in [0.717, 1.165) is 38.8 Å². The van der Waals surface area contributed by atoms with Gasteiger partial charge in [-0.05, 0) is 77.6 Å². The summed E-state index contributed by atoms with van der Waals surface area (Å²) in [5.74, 6) is 0.419. The molecule has 0 bridgehead atoms.